The molecule has 4 rings (SSSR count). The van der Waals surface area contributed by atoms with Gasteiger partial charge >= 0.3 is 0 Å². The highest BCUT2D eigenvalue weighted by molar-refractivity contribution is 7.92. The molecule has 2 saturated heterocycles. The van der Waals surface area contributed by atoms with Gasteiger partial charge in [-0.15, -0.1) is 0 Å². The Morgan fingerprint density at radius 2 is 1.82 bits per heavy atom. The summed E-state index contributed by atoms with van der Waals surface area (Å²) in [6.07, 6.45) is 3.37. The van der Waals surface area contributed by atoms with Crippen LogP contribution in [-0.2, 0) is 25.8 Å². The van der Waals surface area contributed by atoms with Crippen LogP contribution in [0.25, 0.3) is 0 Å². The number of Topliss-reactive ketones (excluding diaryl/α,β-unsaturated/α-hetero) is 1. The van der Waals surface area contributed by atoms with Gasteiger partial charge in [0.05, 0.1) is 27.0 Å². The second-order valence-electron chi connectivity index (χ2n) is 11.2. The molecule has 2 fully saturated rings. The summed E-state index contributed by atoms with van der Waals surface area (Å²) >= 11 is 12.0. The smallest absolute Gasteiger partial charge is 0.240 e. The van der Waals surface area contributed by atoms with E-state index in [1.165, 1.54) is 23.8 Å². The predicted molar refractivity (Wildman–Crippen MR) is 155 cm³/mol. The zero-order valence-electron chi connectivity index (χ0n) is 22.4. The van der Waals surface area contributed by atoms with E-state index in [1.54, 1.807) is 4.90 Å². The largest absolute Gasteiger partial charge is 0.331 e. The van der Waals surface area contributed by atoms with Crippen LogP contribution in [0.1, 0.15) is 45.1 Å². The second kappa shape index (κ2) is 12.7. The third kappa shape index (κ3) is 7.22. The van der Waals surface area contributed by atoms with Gasteiger partial charge in [0.1, 0.15) is 5.75 Å². The Morgan fingerprint density at radius 1 is 1.10 bits per heavy atom. The van der Waals surface area contributed by atoms with Crippen LogP contribution in [0, 0.1) is 5.92 Å². The number of hydrogen-bond acceptors (Lipinski definition) is 6. The molecule has 2 aliphatic rings. The highest BCUT2D eigenvalue weighted by Gasteiger charge is 2.46. The molecule has 10 heteroatoms. The summed E-state index contributed by atoms with van der Waals surface area (Å²) in [4.78, 5) is 31.4. The van der Waals surface area contributed by atoms with E-state index in [1.807, 2.05) is 32.0 Å². The lowest BCUT2D eigenvalue weighted by Gasteiger charge is -2.33. The minimum atomic E-state index is -3.98. The van der Waals surface area contributed by atoms with Gasteiger partial charge in [-0.25, -0.2) is 8.42 Å². The molecule has 0 aliphatic carbocycles. The van der Waals surface area contributed by atoms with Crippen LogP contribution >= 0.6 is 23.2 Å². The summed E-state index contributed by atoms with van der Waals surface area (Å²) in [7, 11) is -3.98. The second-order valence-corrected chi connectivity index (χ2v) is 14.0. The van der Waals surface area contributed by atoms with Crippen LogP contribution < -0.4 is 5.73 Å². The summed E-state index contributed by atoms with van der Waals surface area (Å²) in [6, 6.07) is 13.1. The Balaban J connectivity index is 1.57. The van der Waals surface area contributed by atoms with Crippen molar-refractivity contribution in [3.8, 4) is 0 Å². The number of aryl methyl sites for hydroxylation is 1. The van der Waals surface area contributed by atoms with Crippen molar-refractivity contribution in [2.24, 2.45) is 11.7 Å². The molecule has 7 nitrogen and oxygen atoms in total. The number of carbonyl (C=O) groups excluding carboxylic acids is 2. The molecule has 2 aromatic rings. The fraction of sp³-hybridized carbons (Fsp3) is 0.517. The van der Waals surface area contributed by atoms with E-state index >= 15 is 0 Å². The van der Waals surface area contributed by atoms with Gasteiger partial charge in [0, 0.05) is 25.2 Å². The maximum absolute atomic E-state index is 13.9. The molecule has 4 atom stereocenters. The Hall–Kier alpha value is -1.97. The lowest BCUT2D eigenvalue weighted by molar-refractivity contribution is -0.141. The zero-order valence-corrected chi connectivity index (χ0v) is 24.8. The molecule has 39 heavy (non-hydrogen) atoms. The molecule has 1 unspecified atom stereocenters. The highest BCUT2D eigenvalue weighted by atomic mass is 35.5. The predicted octanol–water partition coefficient (Wildman–Crippen LogP) is 4.39. The van der Waals surface area contributed by atoms with Crippen molar-refractivity contribution in [1.29, 1.82) is 0 Å². The van der Waals surface area contributed by atoms with Crippen molar-refractivity contribution in [3.63, 3.8) is 0 Å². The number of nitrogens with zero attached hydrogens (tertiary/aromatic N) is 2. The summed E-state index contributed by atoms with van der Waals surface area (Å²) in [6.45, 7) is 4.97. The average Bonchev–Trinajstić information content (AvgIpc) is 3.22. The number of sulfone groups is 1. The third-order valence-electron chi connectivity index (χ3n) is 7.75. The number of nitrogens with two attached hydrogens (primary N) is 1. The maximum Gasteiger partial charge on any atom is 0.240 e. The van der Waals surface area contributed by atoms with E-state index < -0.39 is 33.5 Å². The number of hydrogen-bond donors (Lipinski definition) is 1. The van der Waals surface area contributed by atoms with Crippen molar-refractivity contribution in [1.82, 2.24) is 9.80 Å². The van der Waals surface area contributed by atoms with Gasteiger partial charge < -0.3 is 10.6 Å². The maximum atomic E-state index is 13.9. The highest BCUT2D eigenvalue weighted by Crippen LogP contribution is 2.31. The van der Waals surface area contributed by atoms with E-state index in [0.717, 1.165) is 12.8 Å². The first-order valence-electron chi connectivity index (χ1n) is 13.5. The van der Waals surface area contributed by atoms with Gasteiger partial charge in [-0.1, -0.05) is 67.4 Å². The Kier molecular flexibility index (Phi) is 9.76. The minimum absolute atomic E-state index is 0.0651. The molecule has 0 radical (unpaired) electrons. The first-order chi connectivity index (χ1) is 18.5. The van der Waals surface area contributed by atoms with Gasteiger partial charge in [-0.2, -0.15) is 0 Å². The number of amides is 1. The SMILES string of the molecule is CC(C)C[C@H](C(=O)CS(=O)(=O)c1ccc(Cl)c(Cl)c1)N1CCC(CCc2ccccc2)N2C[C@H](N)C[C@H]2C1=O. The van der Waals surface area contributed by atoms with E-state index in [4.69, 9.17) is 28.9 Å². The number of rotatable bonds is 10. The topological polar surface area (TPSA) is 101 Å². The number of halogens is 2. The van der Waals surface area contributed by atoms with Crippen LogP contribution in [0.4, 0.5) is 0 Å². The molecule has 0 bridgehead atoms. The van der Waals surface area contributed by atoms with Gasteiger partial charge in [0.2, 0.25) is 5.91 Å². The van der Waals surface area contributed by atoms with E-state index in [-0.39, 0.29) is 38.8 Å². The van der Waals surface area contributed by atoms with Crippen molar-refractivity contribution < 1.29 is 18.0 Å². The number of carbonyl (C=O) groups is 2. The van der Waals surface area contributed by atoms with Crippen molar-refractivity contribution in [3.05, 3.63) is 64.1 Å². The lowest BCUT2D eigenvalue weighted by atomic mass is 9.98. The van der Waals surface area contributed by atoms with E-state index in [9.17, 15) is 18.0 Å². The van der Waals surface area contributed by atoms with E-state index in [0.29, 0.717) is 32.4 Å². The summed E-state index contributed by atoms with van der Waals surface area (Å²) < 4.78 is 26.4. The molecule has 2 aliphatic heterocycles. The molecule has 1 amide bonds. The zero-order chi connectivity index (χ0) is 28.3. The minimum Gasteiger partial charge on any atom is -0.331 e. The molecule has 2 heterocycles. The molecule has 0 saturated carbocycles. The van der Waals surface area contributed by atoms with Crippen molar-refractivity contribution in [2.45, 2.75) is 75.0 Å². The molecular formula is C29H37Cl2N3O4S. The van der Waals surface area contributed by atoms with Crippen LogP contribution in [-0.4, -0.2) is 72.9 Å². The molecular weight excluding hydrogens is 557 g/mol. The Labute approximate surface area is 241 Å². The summed E-state index contributed by atoms with van der Waals surface area (Å²) in [5, 5.41) is 0.335. The Bertz CT molecular complexity index is 1290. The van der Waals surface area contributed by atoms with Crippen LogP contribution in [0.3, 0.4) is 0 Å². The molecule has 2 aromatic carbocycles. The third-order valence-corrected chi connectivity index (χ3v) is 10.1. The number of fused-ring (bicyclic) bond motifs is 1. The first-order valence-corrected chi connectivity index (χ1v) is 15.9. The van der Waals surface area contributed by atoms with Crippen LogP contribution in [0.2, 0.25) is 10.0 Å². The van der Waals surface area contributed by atoms with Gasteiger partial charge in [-0.05, 0) is 61.8 Å². The van der Waals surface area contributed by atoms with Crippen molar-refractivity contribution in [2.75, 3.05) is 18.8 Å². The fourth-order valence-electron chi connectivity index (χ4n) is 5.81. The number of ketones is 1. The monoisotopic (exact) mass is 593 g/mol. The molecule has 212 valence electrons. The van der Waals surface area contributed by atoms with Gasteiger partial charge in [0.25, 0.3) is 0 Å². The summed E-state index contributed by atoms with van der Waals surface area (Å²) in [5.74, 6) is -1.24. The fourth-order valence-corrected chi connectivity index (χ4v) is 7.48. The standard InChI is InChI=1S/C29H37Cl2N3O4S/c1-19(2)14-26(28(35)18-39(37,38)23-10-11-24(30)25(31)16-23)33-13-12-22(9-8-20-6-4-3-5-7-20)34-17-21(32)15-27(34)29(33)36/h3-7,10-11,16,19,21-22,26-27H,8-9,12-15,17-18,32H2,1-2H3/t21-,22?,26-,27+/m1/s1. The summed E-state index contributed by atoms with van der Waals surface area (Å²) in [5.41, 5.74) is 7.57. The molecule has 2 N–H and O–H groups in total. The Morgan fingerprint density at radius 3 is 2.49 bits per heavy atom. The average molecular weight is 595 g/mol. The van der Waals surface area contributed by atoms with Gasteiger partial charge in [0.15, 0.2) is 15.6 Å². The number of benzene rings is 2. The van der Waals surface area contributed by atoms with E-state index in [2.05, 4.69) is 17.0 Å². The van der Waals surface area contributed by atoms with Gasteiger partial charge in [-0.3, -0.25) is 14.5 Å². The van der Waals surface area contributed by atoms with Crippen LogP contribution in [0.5, 0.6) is 0 Å². The quantitative estimate of drug-likeness (QED) is 0.438. The first kappa shape index (κ1) is 30.0. The van der Waals surface area contributed by atoms with Crippen molar-refractivity contribution >= 4 is 44.7 Å². The lowest BCUT2D eigenvalue weighted by Crippen LogP contribution is -2.52. The molecule has 0 spiro atoms. The van der Waals surface area contributed by atoms with Crippen LogP contribution in [0.15, 0.2) is 53.4 Å². The normalized spacial score (nSPS) is 23.1. The molecule has 0 aromatic heterocycles.